The molecule has 2 aromatic heterocycles. The number of para-hydroxylation sites is 1. The van der Waals surface area contributed by atoms with Gasteiger partial charge in [-0.1, -0.05) is 109 Å². The van der Waals surface area contributed by atoms with Gasteiger partial charge in [0.05, 0.1) is 22.2 Å². The zero-order chi connectivity index (χ0) is 34.0. The topological polar surface area (TPSA) is 62.1 Å². The summed E-state index contributed by atoms with van der Waals surface area (Å²) in [7, 11) is -0.622. The van der Waals surface area contributed by atoms with Gasteiger partial charge >= 0.3 is 7.12 Å². The number of fused-ring (bicyclic) bond motifs is 4. The maximum absolute atomic E-state index is 6.66. The van der Waals surface area contributed by atoms with Gasteiger partial charge in [-0.15, -0.1) is 0 Å². The number of hydrogen-bond acceptors (Lipinski definition) is 5. The average Bonchev–Trinajstić information content (AvgIpc) is 3.58. The molecule has 242 valence electrons. The van der Waals surface area contributed by atoms with Crippen molar-refractivity contribution < 1.29 is 9.31 Å². The van der Waals surface area contributed by atoms with Gasteiger partial charge in [-0.2, -0.15) is 0 Å². The van der Waals surface area contributed by atoms with Crippen molar-refractivity contribution in [3.63, 3.8) is 0 Å². The fraction of sp³-hybridized carbons (Fsp3) is 0.140. The number of nitrogens with zero attached hydrogens (tertiary/aromatic N) is 4. The molecule has 8 aromatic rings. The van der Waals surface area contributed by atoms with Crippen molar-refractivity contribution in [2.75, 3.05) is 0 Å². The summed E-state index contributed by atoms with van der Waals surface area (Å²) in [6, 6.07) is 48.3. The second-order valence-electron chi connectivity index (χ2n) is 14.0. The van der Waals surface area contributed by atoms with Gasteiger partial charge in [-0.05, 0) is 74.3 Å². The second kappa shape index (κ2) is 11.5. The van der Waals surface area contributed by atoms with Crippen LogP contribution in [-0.2, 0) is 9.31 Å². The molecule has 3 heterocycles. The summed E-state index contributed by atoms with van der Waals surface area (Å²) in [4.78, 5) is 15.3. The highest BCUT2D eigenvalue weighted by atomic mass is 16.7. The van der Waals surface area contributed by atoms with E-state index in [0.29, 0.717) is 17.5 Å². The van der Waals surface area contributed by atoms with E-state index in [4.69, 9.17) is 24.3 Å². The third-order valence-electron chi connectivity index (χ3n) is 10.3. The third kappa shape index (κ3) is 5.01. The standard InChI is InChI=1S/C43H35BN4O2/c1-42(2)43(3,4)50-44(49-42)36-24-23-32(48-37-22-14-13-21-33(37)34-25-30-19-11-12-20-31(30)26-38(34)48)27-35(36)41-46-39(28-15-7-5-8-16-28)45-40(47-41)29-17-9-6-10-18-29/h5-27H,1-4H3. The van der Waals surface area contributed by atoms with Crippen LogP contribution in [0.15, 0.2) is 140 Å². The van der Waals surface area contributed by atoms with Crippen molar-refractivity contribution in [2.45, 2.75) is 38.9 Å². The largest absolute Gasteiger partial charge is 0.495 e. The molecule has 0 amide bonds. The van der Waals surface area contributed by atoms with Crippen molar-refractivity contribution >= 4 is 45.2 Å². The summed E-state index contributed by atoms with van der Waals surface area (Å²) in [6.07, 6.45) is 0. The molecule has 1 saturated heterocycles. The molecular weight excluding hydrogens is 615 g/mol. The highest BCUT2D eigenvalue weighted by Gasteiger charge is 2.52. The highest BCUT2D eigenvalue weighted by molar-refractivity contribution is 6.63. The maximum atomic E-state index is 6.66. The Morgan fingerprint density at radius 3 is 1.68 bits per heavy atom. The summed E-state index contributed by atoms with van der Waals surface area (Å²) in [5.74, 6) is 1.75. The summed E-state index contributed by atoms with van der Waals surface area (Å²) >= 11 is 0. The van der Waals surface area contributed by atoms with Crippen LogP contribution in [-0.4, -0.2) is 37.8 Å². The predicted octanol–water partition coefficient (Wildman–Crippen LogP) is 9.42. The van der Waals surface area contributed by atoms with Gasteiger partial charge in [0.25, 0.3) is 0 Å². The van der Waals surface area contributed by atoms with Crippen molar-refractivity contribution in [3.05, 3.63) is 140 Å². The van der Waals surface area contributed by atoms with Crippen LogP contribution in [0.4, 0.5) is 0 Å². The first kappa shape index (κ1) is 30.4. The molecule has 9 rings (SSSR count). The Labute approximate surface area is 291 Å². The predicted molar refractivity (Wildman–Crippen MR) is 204 cm³/mol. The molecular formula is C43H35BN4O2. The van der Waals surface area contributed by atoms with Crippen molar-refractivity contribution in [3.8, 4) is 39.9 Å². The van der Waals surface area contributed by atoms with E-state index in [-0.39, 0.29) is 0 Å². The quantitative estimate of drug-likeness (QED) is 0.174. The molecule has 0 unspecified atom stereocenters. The SMILES string of the molecule is CC1(C)OB(c2ccc(-n3c4ccccc4c4cc5ccccc5cc43)cc2-c2nc(-c3ccccc3)nc(-c3ccccc3)n2)OC1(C)C. The van der Waals surface area contributed by atoms with Gasteiger partial charge in [0.2, 0.25) is 0 Å². The summed E-state index contributed by atoms with van der Waals surface area (Å²) in [5.41, 5.74) is 5.71. The van der Waals surface area contributed by atoms with Gasteiger partial charge in [-0.25, -0.2) is 15.0 Å². The van der Waals surface area contributed by atoms with Crippen molar-refractivity contribution in [2.24, 2.45) is 0 Å². The Kier molecular flexibility index (Phi) is 6.99. The third-order valence-corrected chi connectivity index (χ3v) is 10.3. The first-order chi connectivity index (χ1) is 24.3. The van der Waals surface area contributed by atoms with E-state index in [1.807, 2.05) is 60.7 Å². The van der Waals surface area contributed by atoms with Crippen LogP contribution in [0.25, 0.3) is 72.4 Å². The Balaban J connectivity index is 1.32. The van der Waals surface area contributed by atoms with Gasteiger partial charge < -0.3 is 13.9 Å². The molecule has 0 atom stereocenters. The summed E-state index contributed by atoms with van der Waals surface area (Å²) in [6.45, 7) is 8.31. The smallest absolute Gasteiger partial charge is 0.399 e. The van der Waals surface area contributed by atoms with Crippen LogP contribution in [0, 0.1) is 0 Å². The monoisotopic (exact) mass is 650 g/mol. The molecule has 0 spiro atoms. The Morgan fingerprint density at radius 1 is 0.500 bits per heavy atom. The van der Waals surface area contributed by atoms with E-state index in [0.717, 1.165) is 38.9 Å². The Morgan fingerprint density at radius 2 is 1.04 bits per heavy atom. The minimum absolute atomic E-state index is 0.523. The second-order valence-corrected chi connectivity index (χ2v) is 14.0. The average molecular weight is 651 g/mol. The summed E-state index contributed by atoms with van der Waals surface area (Å²) < 4.78 is 15.7. The maximum Gasteiger partial charge on any atom is 0.495 e. The van der Waals surface area contributed by atoms with Crippen LogP contribution >= 0.6 is 0 Å². The van der Waals surface area contributed by atoms with E-state index in [9.17, 15) is 0 Å². The minimum atomic E-state index is -0.622. The minimum Gasteiger partial charge on any atom is -0.399 e. The number of benzene rings is 6. The van der Waals surface area contributed by atoms with Crippen LogP contribution in [0.1, 0.15) is 27.7 Å². The van der Waals surface area contributed by atoms with Gasteiger partial charge in [0.15, 0.2) is 17.5 Å². The number of aromatic nitrogens is 4. The lowest BCUT2D eigenvalue weighted by molar-refractivity contribution is 0.00578. The van der Waals surface area contributed by atoms with Crippen molar-refractivity contribution in [1.82, 2.24) is 19.5 Å². The van der Waals surface area contributed by atoms with Gasteiger partial charge in [-0.3, -0.25) is 0 Å². The fourth-order valence-corrected chi connectivity index (χ4v) is 6.91. The molecule has 0 saturated carbocycles. The van der Waals surface area contributed by atoms with Crippen LogP contribution in [0.5, 0.6) is 0 Å². The highest BCUT2D eigenvalue weighted by Crippen LogP contribution is 2.39. The van der Waals surface area contributed by atoms with E-state index in [2.05, 4.69) is 111 Å². The first-order valence-electron chi connectivity index (χ1n) is 17.0. The molecule has 1 aliphatic heterocycles. The van der Waals surface area contributed by atoms with E-state index in [1.165, 1.54) is 21.5 Å². The van der Waals surface area contributed by atoms with E-state index >= 15 is 0 Å². The molecule has 0 aliphatic carbocycles. The number of rotatable bonds is 5. The molecule has 0 bridgehead atoms. The summed E-state index contributed by atoms with van der Waals surface area (Å²) in [5, 5.41) is 4.80. The molecule has 6 aromatic carbocycles. The molecule has 0 radical (unpaired) electrons. The normalized spacial score (nSPS) is 15.3. The molecule has 0 N–H and O–H groups in total. The van der Waals surface area contributed by atoms with Crippen LogP contribution < -0.4 is 5.46 Å². The van der Waals surface area contributed by atoms with Gasteiger partial charge in [0.1, 0.15) is 0 Å². The van der Waals surface area contributed by atoms with Crippen LogP contribution in [0.2, 0.25) is 0 Å². The molecule has 50 heavy (non-hydrogen) atoms. The van der Waals surface area contributed by atoms with Crippen molar-refractivity contribution in [1.29, 1.82) is 0 Å². The van der Waals surface area contributed by atoms with E-state index in [1.54, 1.807) is 0 Å². The van der Waals surface area contributed by atoms with Gasteiger partial charge in [0, 0.05) is 33.2 Å². The molecule has 1 fully saturated rings. The lowest BCUT2D eigenvalue weighted by Crippen LogP contribution is -2.41. The zero-order valence-electron chi connectivity index (χ0n) is 28.5. The molecule has 7 heteroatoms. The lowest BCUT2D eigenvalue weighted by Gasteiger charge is -2.32. The first-order valence-corrected chi connectivity index (χ1v) is 17.0. The van der Waals surface area contributed by atoms with Crippen LogP contribution in [0.3, 0.4) is 0 Å². The fourth-order valence-electron chi connectivity index (χ4n) is 6.91. The zero-order valence-corrected chi connectivity index (χ0v) is 28.5. The van der Waals surface area contributed by atoms with E-state index < -0.39 is 18.3 Å². The Hall–Kier alpha value is -5.63. The lowest BCUT2D eigenvalue weighted by atomic mass is 9.75. The molecule has 6 nitrogen and oxygen atoms in total. The number of hydrogen-bond donors (Lipinski definition) is 0. The Bertz CT molecular complexity index is 2490. The molecule has 1 aliphatic rings.